The van der Waals surface area contributed by atoms with Gasteiger partial charge in [0.15, 0.2) is 5.82 Å². The van der Waals surface area contributed by atoms with Gasteiger partial charge in [-0.2, -0.15) is 10.1 Å². The van der Waals surface area contributed by atoms with Crippen LogP contribution in [0.3, 0.4) is 0 Å². The first-order valence-electron chi connectivity index (χ1n) is 8.50. The largest absolute Gasteiger partial charge is 0.354 e. The van der Waals surface area contributed by atoms with Crippen molar-refractivity contribution in [2.24, 2.45) is 0 Å². The molecule has 26 heavy (non-hydrogen) atoms. The number of rotatable bonds is 7. The Morgan fingerprint density at radius 2 is 2.15 bits per heavy atom. The topological polar surface area (TPSA) is 78.5 Å². The lowest BCUT2D eigenvalue weighted by Gasteiger charge is -2.09. The summed E-state index contributed by atoms with van der Waals surface area (Å²) in [5.74, 6) is 2.70. The molecule has 8 heteroatoms. The number of benzene rings is 1. The zero-order valence-corrected chi connectivity index (χ0v) is 16.3. The number of aromatic amines is 1. The third-order valence-electron chi connectivity index (χ3n) is 4.18. The quantitative estimate of drug-likeness (QED) is 0.494. The van der Waals surface area contributed by atoms with E-state index in [0.29, 0.717) is 17.7 Å². The molecule has 1 saturated carbocycles. The lowest BCUT2D eigenvalue weighted by atomic mass is 10.1. The molecule has 1 aliphatic carbocycles. The molecule has 3 aromatic rings. The Labute approximate surface area is 164 Å². The van der Waals surface area contributed by atoms with Crippen molar-refractivity contribution in [3.8, 4) is 0 Å². The number of anilines is 3. The van der Waals surface area contributed by atoms with Gasteiger partial charge in [0.05, 0.1) is 10.2 Å². The van der Waals surface area contributed by atoms with Crippen molar-refractivity contribution < 1.29 is 0 Å². The summed E-state index contributed by atoms with van der Waals surface area (Å²) in [4.78, 5) is 8.84. The first-order valence-corrected chi connectivity index (χ1v) is 9.67. The highest BCUT2D eigenvalue weighted by molar-refractivity contribution is 9.10. The molecule has 0 bridgehead atoms. The van der Waals surface area contributed by atoms with Gasteiger partial charge < -0.3 is 10.6 Å². The number of nitrogens with one attached hydrogen (secondary N) is 3. The van der Waals surface area contributed by atoms with E-state index in [1.54, 1.807) is 6.20 Å². The van der Waals surface area contributed by atoms with E-state index >= 15 is 0 Å². The fraction of sp³-hybridized carbons (Fsp3) is 0.278. The van der Waals surface area contributed by atoms with Gasteiger partial charge in [-0.15, -0.1) is 0 Å². The second kappa shape index (κ2) is 7.63. The van der Waals surface area contributed by atoms with Gasteiger partial charge in [-0.05, 0) is 52.9 Å². The van der Waals surface area contributed by atoms with Crippen LogP contribution in [0.4, 0.5) is 17.6 Å². The number of nitrogens with zero attached hydrogens (tertiary/aromatic N) is 3. The molecule has 0 saturated heterocycles. The molecular weight excluding hydrogens is 416 g/mol. The van der Waals surface area contributed by atoms with E-state index in [2.05, 4.69) is 52.8 Å². The van der Waals surface area contributed by atoms with Gasteiger partial charge in [-0.3, -0.25) is 5.10 Å². The first kappa shape index (κ1) is 17.3. The normalized spacial score (nSPS) is 13.6. The van der Waals surface area contributed by atoms with Crippen LogP contribution in [-0.2, 0) is 6.42 Å². The molecule has 0 aliphatic heterocycles. The van der Waals surface area contributed by atoms with E-state index < -0.39 is 0 Å². The van der Waals surface area contributed by atoms with E-state index in [-0.39, 0.29) is 0 Å². The molecule has 2 aromatic heterocycles. The number of hydrogen-bond acceptors (Lipinski definition) is 5. The van der Waals surface area contributed by atoms with Gasteiger partial charge in [-0.1, -0.05) is 23.7 Å². The number of H-pyrrole nitrogens is 1. The maximum atomic E-state index is 6.01. The number of hydrogen-bond donors (Lipinski definition) is 3. The summed E-state index contributed by atoms with van der Waals surface area (Å²) in [6.07, 6.45) is 5.02. The summed E-state index contributed by atoms with van der Waals surface area (Å²) < 4.78 is 0.792. The highest BCUT2D eigenvalue weighted by atomic mass is 79.9. The van der Waals surface area contributed by atoms with Crippen LogP contribution in [0.2, 0.25) is 5.02 Å². The summed E-state index contributed by atoms with van der Waals surface area (Å²) >= 11 is 9.50. The van der Waals surface area contributed by atoms with Gasteiger partial charge in [-0.25, -0.2) is 4.98 Å². The Balaban J connectivity index is 1.38. The van der Waals surface area contributed by atoms with Gasteiger partial charge >= 0.3 is 0 Å². The van der Waals surface area contributed by atoms with Crippen LogP contribution in [0.15, 0.2) is 41.0 Å². The van der Waals surface area contributed by atoms with Crippen molar-refractivity contribution in [3.63, 3.8) is 0 Å². The molecule has 0 atom stereocenters. The van der Waals surface area contributed by atoms with E-state index in [1.165, 1.54) is 18.4 Å². The molecule has 4 rings (SSSR count). The third kappa shape index (κ3) is 4.34. The van der Waals surface area contributed by atoms with Crippen molar-refractivity contribution in [2.75, 3.05) is 17.2 Å². The molecular formula is C18H18BrClN6. The Bertz CT molecular complexity index is 908. The van der Waals surface area contributed by atoms with Gasteiger partial charge in [0.2, 0.25) is 5.95 Å². The van der Waals surface area contributed by atoms with Crippen LogP contribution in [0, 0.1) is 0 Å². The molecule has 0 spiro atoms. The van der Waals surface area contributed by atoms with Gasteiger partial charge in [0, 0.05) is 29.7 Å². The third-order valence-corrected chi connectivity index (χ3v) is 4.99. The van der Waals surface area contributed by atoms with Crippen LogP contribution in [0.5, 0.6) is 0 Å². The average molecular weight is 434 g/mol. The second-order valence-electron chi connectivity index (χ2n) is 6.30. The zero-order chi connectivity index (χ0) is 17.9. The Morgan fingerprint density at radius 3 is 2.96 bits per heavy atom. The SMILES string of the molecule is Clc1cccc(CCNc2ncc(Br)c(Nc3cc(C4CC4)n[nH]3)n2)c1. The maximum absolute atomic E-state index is 6.01. The summed E-state index contributed by atoms with van der Waals surface area (Å²) in [5, 5.41) is 14.6. The minimum atomic E-state index is 0.569. The van der Waals surface area contributed by atoms with Crippen LogP contribution < -0.4 is 10.6 Å². The van der Waals surface area contributed by atoms with Crippen molar-refractivity contribution in [2.45, 2.75) is 25.2 Å². The lowest BCUT2D eigenvalue weighted by Crippen LogP contribution is -2.09. The maximum Gasteiger partial charge on any atom is 0.224 e. The summed E-state index contributed by atoms with van der Waals surface area (Å²) in [5.41, 5.74) is 2.28. The molecule has 6 nitrogen and oxygen atoms in total. The summed E-state index contributed by atoms with van der Waals surface area (Å²) in [6, 6.07) is 9.89. The smallest absolute Gasteiger partial charge is 0.224 e. The summed E-state index contributed by atoms with van der Waals surface area (Å²) in [6.45, 7) is 0.720. The van der Waals surface area contributed by atoms with Crippen molar-refractivity contribution in [3.05, 3.63) is 57.3 Å². The predicted molar refractivity (Wildman–Crippen MR) is 107 cm³/mol. The van der Waals surface area contributed by atoms with Gasteiger partial charge in [0.1, 0.15) is 5.82 Å². The molecule has 1 fully saturated rings. The van der Waals surface area contributed by atoms with Crippen LogP contribution in [-0.4, -0.2) is 26.7 Å². The fourth-order valence-electron chi connectivity index (χ4n) is 2.67. The number of aromatic nitrogens is 4. The van der Waals surface area contributed by atoms with Crippen LogP contribution >= 0.6 is 27.5 Å². The standard InChI is InChI=1S/C18H18BrClN6/c19-14-10-22-18(21-7-6-11-2-1-3-13(20)8-11)24-17(14)23-16-9-15(25-26-16)12-4-5-12/h1-3,8-10,12H,4-7H2,(H3,21,22,23,24,25,26). The Morgan fingerprint density at radius 1 is 1.27 bits per heavy atom. The molecule has 3 N–H and O–H groups in total. The van der Waals surface area contributed by atoms with Crippen molar-refractivity contribution >= 4 is 45.1 Å². The summed E-state index contributed by atoms with van der Waals surface area (Å²) in [7, 11) is 0. The van der Waals surface area contributed by atoms with Gasteiger partial charge in [0.25, 0.3) is 0 Å². The van der Waals surface area contributed by atoms with E-state index in [4.69, 9.17) is 11.6 Å². The molecule has 0 amide bonds. The first-order chi connectivity index (χ1) is 12.7. The number of halogens is 2. The highest BCUT2D eigenvalue weighted by Crippen LogP contribution is 2.39. The van der Waals surface area contributed by atoms with Crippen molar-refractivity contribution in [1.82, 2.24) is 20.2 Å². The monoisotopic (exact) mass is 432 g/mol. The fourth-order valence-corrected chi connectivity index (χ4v) is 3.17. The average Bonchev–Trinajstić information content (AvgIpc) is 3.37. The molecule has 2 heterocycles. The molecule has 0 unspecified atom stereocenters. The van der Waals surface area contributed by atoms with Crippen LogP contribution in [0.1, 0.15) is 30.0 Å². The molecule has 134 valence electrons. The lowest BCUT2D eigenvalue weighted by molar-refractivity contribution is 0.964. The van der Waals surface area contributed by atoms with Crippen LogP contribution in [0.25, 0.3) is 0 Å². The second-order valence-corrected chi connectivity index (χ2v) is 7.59. The molecule has 1 aromatic carbocycles. The highest BCUT2D eigenvalue weighted by Gasteiger charge is 2.26. The van der Waals surface area contributed by atoms with E-state index in [1.807, 2.05) is 24.3 Å². The minimum Gasteiger partial charge on any atom is -0.354 e. The van der Waals surface area contributed by atoms with E-state index in [0.717, 1.165) is 34.0 Å². The minimum absolute atomic E-state index is 0.569. The van der Waals surface area contributed by atoms with Crippen molar-refractivity contribution in [1.29, 1.82) is 0 Å². The molecule has 0 radical (unpaired) electrons. The Kier molecular flexibility index (Phi) is 5.08. The predicted octanol–water partition coefficient (Wildman–Crippen LogP) is 4.89. The van der Waals surface area contributed by atoms with E-state index in [9.17, 15) is 0 Å². The Hall–Kier alpha value is -2.12. The zero-order valence-electron chi connectivity index (χ0n) is 14.0. The molecule has 1 aliphatic rings.